The molecule has 0 fully saturated rings. The molecule has 0 atom stereocenters. The van der Waals surface area contributed by atoms with Crippen LogP contribution in [0, 0.1) is 0 Å². The van der Waals surface area contributed by atoms with Crippen molar-refractivity contribution < 1.29 is 9.53 Å². The van der Waals surface area contributed by atoms with Gasteiger partial charge in [0.1, 0.15) is 0 Å². The Balaban J connectivity index is 1.67. The van der Waals surface area contributed by atoms with Gasteiger partial charge in [0, 0.05) is 28.9 Å². The molecule has 3 rings (SSSR count). The van der Waals surface area contributed by atoms with Crippen LogP contribution < -0.4 is 10.9 Å². The molecular formula is C23H25ClN4O3. The molecule has 0 radical (unpaired) electrons. The monoisotopic (exact) mass is 440 g/mol. The van der Waals surface area contributed by atoms with Crippen LogP contribution in [0.4, 0.5) is 10.5 Å². The summed E-state index contributed by atoms with van der Waals surface area (Å²) < 4.78 is 6.58. The number of benzene rings is 2. The van der Waals surface area contributed by atoms with Crippen molar-refractivity contribution >= 4 is 23.4 Å². The lowest BCUT2D eigenvalue weighted by atomic mass is 10.1. The highest BCUT2D eigenvalue weighted by Crippen LogP contribution is 2.20. The Morgan fingerprint density at radius 3 is 2.71 bits per heavy atom. The third kappa shape index (κ3) is 6.94. The second kappa shape index (κ2) is 10.7. The van der Waals surface area contributed by atoms with Crippen LogP contribution in [0.1, 0.15) is 12.0 Å². The molecular weight excluding hydrogens is 416 g/mol. The summed E-state index contributed by atoms with van der Waals surface area (Å²) in [4.78, 5) is 26.3. The molecule has 0 aliphatic heterocycles. The number of anilines is 1. The SMILES string of the molecule is CN(C)CCCOC(=O)Nc1cccc(Cn2nc(-c3cccc(Cl)c3)ccc2=O)c1. The highest BCUT2D eigenvalue weighted by Gasteiger charge is 2.07. The van der Waals surface area contributed by atoms with Gasteiger partial charge in [0.25, 0.3) is 5.56 Å². The maximum absolute atomic E-state index is 12.3. The molecule has 7 nitrogen and oxygen atoms in total. The Kier molecular flexibility index (Phi) is 7.81. The molecule has 0 saturated carbocycles. The fourth-order valence-electron chi connectivity index (χ4n) is 2.98. The smallest absolute Gasteiger partial charge is 0.411 e. The van der Waals surface area contributed by atoms with E-state index in [0.717, 1.165) is 24.1 Å². The predicted molar refractivity (Wildman–Crippen MR) is 123 cm³/mol. The Bertz CT molecular complexity index is 1100. The van der Waals surface area contributed by atoms with Crippen LogP contribution >= 0.6 is 11.6 Å². The lowest BCUT2D eigenvalue weighted by Gasteiger charge is -2.11. The van der Waals surface area contributed by atoms with Crippen molar-refractivity contribution in [1.82, 2.24) is 14.7 Å². The maximum atomic E-state index is 12.3. The number of nitrogens with zero attached hydrogens (tertiary/aromatic N) is 3. The van der Waals surface area contributed by atoms with Crippen molar-refractivity contribution in [2.75, 3.05) is 32.6 Å². The number of hydrogen-bond donors (Lipinski definition) is 1. The fraction of sp³-hybridized carbons (Fsp3) is 0.261. The van der Waals surface area contributed by atoms with Crippen LogP contribution in [-0.2, 0) is 11.3 Å². The summed E-state index contributed by atoms with van der Waals surface area (Å²) in [5, 5.41) is 7.78. The van der Waals surface area contributed by atoms with Gasteiger partial charge in [0.05, 0.1) is 18.8 Å². The van der Waals surface area contributed by atoms with Gasteiger partial charge in [0.2, 0.25) is 0 Å². The predicted octanol–water partition coefficient (Wildman–Crippen LogP) is 4.11. The van der Waals surface area contributed by atoms with Gasteiger partial charge < -0.3 is 9.64 Å². The van der Waals surface area contributed by atoms with Gasteiger partial charge in [0.15, 0.2) is 0 Å². The summed E-state index contributed by atoms with van der Waals surface area (Å²) in [5.74, 6) is 0. The van der Waals surface area contributed by atoms with Crippen molar-refractivity contribution in [2.24, 2.45) is 0 Å². The molecule has 162 valence electrons. The van der Waals surface area contributed by atoms with E-state index in [1.54, 1.807) is 30.3 Å². The van der Waals surface area contributed by atoms with Gasteiger partial charge in [-0.3, -0.25) is 10.1 Å². The number of hydrogen-bond acceptors (Lipinski definition) is 5. The molecule has 0 saturated heterocycles. The van der Waals surface area contributed by atoms with Gasteiger partial charge in [-0.25, -0.2) is 9.48 Å². The molecule has 1 N–H and O–H groups in total. The van der Waals surface area contributed by atoms with Crippen LogP contribution in [0.3, 0.4) is 0 Å². The number of carbonyl (C=O) groups excluding carboxylic acids is 1. The number of halogens is 1. The second-order valence-corrected chi connectivity index (χ2v) is 7.78. The second-order valence-electron chi connectivity index (χ2n) is 7.34. The third-order valence-electron chi connectivity index (χ3n) is 4.48. The van der Waals surface area contributed by atoms with E-state index in [1.807, 2.05) is 43.3 Å². The number of carbonyl (C=O) groups is 1. The largest absolute Gasteiger partial charge is 0.449 e. The van der Waals surface area contributed by atoms with E-state index in [9.17, 15) is 9.59 Å². The molecule has 31 heavy (non-hydrogen) atoms. The molecule has 1 heterocycles. The first-order chi connectivity index (χ1) is 14.9. The Morgan fingerprint density at radius 1 is 1.13 bits per heavy atom. The Hall–Kier alpha value is -3.16. The molecule has 1 aromatic heterocycles. The first kappa shape index (κ1) is 22.5. The summed E-state index contributed by atoms with van der Waals surface area (Å²) in [6.07, 6.45) is 0.257. The van der Waals surface area contributed by atoms with Crippen molar-refractivity contribution in [1.29, 1.82) is 0 Å². The summed E-state index contributed by atoms with van der Waals surface area (Å²) >= 11 is 6.07. The molecule has 8 heteroatoms. The van der Waals surface area contributed by atoms with Crippen molar-refractivity contribution in [3.63, 3.8) is 0 Å². The zero-order valence-electron chi connectivity index (χ0n) is 17.5. The number of nitrogens with one attached hydrogen (secondary N) is 1. The minimum Gasteiger partial charge on any atom is -0.449 e. The Labute approximate surface area is 186 Å². The van der Waals surface area contributed by atoms with Crippen LogP contribution in [0.2, 0.25) is 5.02 Å². The highest BCUT2D eigenvalue weighted by atomic mass is 35.5. The third-order valence-corrected chi connectivity index (χ3v) is 4.71. The summed E-state index contributed by atoms with van der Waals surface area (Å²) in [5.41, 5.74) is 2.67. The summed E-state index contributed by atoms with van der Waals surface area (Å²) in [7, 11) is 3.94. The lowest BCUT2D eigenvalue weighted by Crippen LogP contribution is -2.23. The van der Waals surface area contributed by atoms with E-state index < -0.39 is 6.09 Å². The average molecular weight is 441 g/mol. The summed E-state index contributed by atoms with van der Waals surface area (Å²) in [6.45, 7) is 1.46. The van der Waals surface area contributed by atoms with Crippen LogP contribution in [-0.4, -0.2) is 48.0 Å². The highest BCUT2D eigenvalue weighted by molar-refractivity contribution is 6.30. The molecule has 0 unspecified atom stereocenters. The minimum atomic E-state index is -0.505. The molecule has 0 aliphatic carbocycles. The molecule has 0 bridgehead atoms. The van der Waals surface area contributed by atoms with Gasteiger partial charge >= 0.3 is 6.09 Å². The zero-order valence-corrected chi connectivity index (χ0v) is 18.3. The number of ether oxygens (including phenoxy) is 1. The van der Waals surface area contributed by atoms with Crippen LogP contribution in [0.25, 0.3) is 11.3 Å². The number of amides is 1. The zero-order chi connectivity index (χ0) is 22.2. The van der Waals surface area contributed by atoms with E-state index >= 15 is 0 Å². The quantitative estimate of drug-likeness (QED) is 0.533. The number of rotatable bonds is 8. The van der Waals surface area contributed by atoms with Crippen molar-refractivity contribution in [2.45, 2.75) is 13.0 Å². The molecule has 1 amide bonds. The van der Waals surface area contributed by atoms with Gasteiger partial charge in [-0.05, 0) is 56.4 Å². The normalized spacial score (nSPS) is 10.8. The first-order valence-corrected chi connectivity index (χ1v) is 10.3. The fourth-order valence-corrected chi connectivity index (χ4v) is 3.17. The van der Waals surface area contributed by atoms with Crippen LogP contribution in [0.5, 0.6) is 0 Å². The standard InChI is InChI=1S/C23H25ClN4O3/c1-27(2)12-5-13-31-23(30)25-20-9-3-6-17(14-20)16-28-22(29)11-10-21(26-28)18-7-4-8-19(24)15-18/h3-4,6-11,14-15H,5,12-13,16H2,1-2H3,(H,25,30). The average Bonchev–Trinajstić information content (AvgIpc) is 2.73. The van der Waals surface area contributed by atoms with E-state index in [-0.39, 0.29) is 12.1 Å². The molecule has 0 spiro atoms. The Morgan fingerprint density at radius 2 is 1.94 bits per heavy atom. The van der Waals surface area contributed by atoms with Gasteiger partial charge in [-0.15, -0.1) is 0 Å². The first-order valence-electron chi connectivity index (χ1n) is 9.92. The number of aromatic nitrogens is 2. The summed E-state index contributed by atoms with van der Waals surface area (Å²) in [6, 6.07) is 17.7. The van der Waals surface area contributed by atoms with Crippen molar-refractivity contribution in [3.8, 4) is 11.3 Å². The molecule has 2 aromatic carbocycles. The lowest BCUT2D eigenvalue weighted by molar-refractivity contribution is 0.156. The van der Waals surface area contributed by atoms with E-state index in [1.165, 1.54) is 10.7 Å². The molecule has 3 aromatic rings. The van der Waals surface area contributed by atoms with E-state index in [2.05, 4.69) is 10.4 Å². The van der Waals surface area contributed by atoms with Crippen molar-refractivity contribution in [3.05, 3.63) is 81.6 Å². The topological polar surface area (TPSA) is 76.5 Å². The van der Waals surface area contributed by atoms with Crippen LogP contribution in [0.15, 0.2) is 65.5 Å². The van der Waals surface area contributed by atoms with E-state index in [4.69, 9.17) is 16.3 Å². The minimum absolute atomic E-state index is 0.218. The van der Waals surface area contributed by atoms with Gasteiger partial charge in [-0.1, -0.05) is 35.9 Å². The van der Waals surface area contributed by atoms with E-state index in [0.29, 0.717) is 23.0 Å². The molecule has 0 aliphatic rings. The van der Waals surface area contributed by atoms with Gasteiger partial charge in [-0.2, -0.15) is 5.10 Å². The maximum Gasteiger partial charge on any atom is 0.411 e.